The van der Waals surface area contributed by atoms with Crippen LogP contribution in [0.25, 0.3) is 0 Å². The van der Waals surface area contributed by atoms with Crippen molar-refractivity contribution in [1.82, 2.24) is 9.78 Å². The minimum absolute atomic E-state index is 0.194. The van der Waals surface area contributed by atoms with E-state index in [1.807, 2.05) is 0 Å². The summed E-state index contributed by atoms with van der Waals surface area (Å²) in [6.45, 7) is 0. The molecule has 0 spiro atoms. The predicted molar refractivity (Wildman–Crippen MR) is 95.8 cm³/mol. The maximum atomic E-state index is 12.2. The van der Waals surface area contributed by atoms with Gasteiger partial charge in [-0.25, -0.2) is 0 Å². The number of benzene rings is 2. The van der Waals surface area contributed by atoms with Crippen LogP contribution in [0.3, 0.4) is 0 Å². The lowest BCUT2D eigenvalue weighted by molar-refractivity contribution is -0.384. The van der Waals surface area contributed by atoms with Crippen LogP contribution in [0.15, 0.2) is 54.7 Å². The monoisotopic (exact) mass is 372 g/mol. The minimum Gasteiger partial charge on any atom is -0.457 e. The lowest BCUT2D eigenvalue weighted by atomic mass is 10.2. The molecule has 9 heteroatoms. The number of ether oxygens (including phenoxy) is 1. The summed E-state index contributed by atoms with van der Waals surface area (Å²) >= 11 is 5.82. The summed E-state index contributed by atoms with van der Waals surface area (Å²) in [6.07, 6.45) is 1.62. The maximum Gasteiger partial charge on any atom is 0.276 e. The second-order valence-electron chi connectivity index (χ2n) is 5.36. The first-order valence-electron chi connectivity index (χ1n) is 7.44. The maximum absolute atomic E-state index is 12.2. The Balaban J connectivity index is 1.87. The van der Waals surface area contributed by atoms with Crippen LogP contribution < -0.4 is 10.1 Å². The Hall–Kier alpha value is -3.39. The highest BCUT2D eigenvalue weighted by molar-refractivity contribution is 6.30. The van der Waals surface area contributed by atoms with Gasteiger partial charge in [-0.2, -0.15) is 5.10 Å². The van der Waals surface area contributed by atoms with Crippen LogP contribution in [0.2, 0.25) is 5.02 Å². The normalized spacial score (nSPS) is 10.4. The molecule has 3 rings (SSSR count). The first-order valence-corrected chi connectivity index (χ1v) is 7.82. The van der Waals surface area contributed by atoms with Gasteiger partial charge in [0.1, 0.15) is 11.5 Å². The Bertz CT molecular complexity index is 969. The summed E-state index contributed by atoms with van der Waals surface area (Å²) in [6, 6.07) is 12.1. The fourth-order valence-corrected chi connectivity index (χ4v) is 2.32. The van der Waals surface area contributed by atoms with Crippen LogP contribution in [0.5, 0.6) is 11.5 Å². The number of nitrogens with one attached hydrogen (secondary N) is 1. The largest absolute Gasteiger partial charge is 0.457 e. The van der Waals surface area contributed by atoms with Crippen LogP contribution in [0, 0.1) is 10.1 Å². The van der Waals surface area contributed by atoms with Crippen LogP contribution in [-0.4, -0.2) is 20.6 Å². The quantitative estimate of drug-likeness (QED) is 0.538. The summed E-state index contributed by atoms with van der Waals surface area (Å²) in [7, 11) is 1.68. The number of halogens is 1. The van der Waals surface area contributed by atoms with Gasteiger partial charge in [-0.15, -0.1) is 0 Å². The van der Waals surface area contributed by atoms with E-state index in [1.165, 1.54) is 28.9 Å². The Labute approximate surface area is 153 Å². The molecule has 2 aromatic carbocycles. The Kier molecular flexibility index (Phi) is 4.85. The molecule has 1 aromatic heterocycles. The molecule has 0 bridgehead atoms. The molecular formula is C17H13ClN4O4. The van der Waals surface area contributed by atoms with Gasteiger partial charge in [-0.1, -0.05) is 11.6 Å². The number of rotatable bonds is 5. The minimum atomic E-state index is -0.564. The highest BCUT2D eigenvalue weighted by Crippen LogP contribution is 2.30. The van der Waals surface area contributed by atoms with E-state index < -0.39 is 10.8 Å². The van der Waals surface area contributed by atoms with Crippen LogP contribution in [-0.2, 0) is 7.05 Å². The molecule has 1 heterocycles. The molecule has 0 radical (unpaired) electrons. The third-order valence-electron chi connectivity index (χ3n) is 3.36. The average molecular weight is 373 g/mol. The van der Waals surface area contributed by atoms with Gasteiger partial charge < -0.3 is 10.1 Å². The van der Waals surface area contributed by atoms with Crippen molar-refractivity contribution in [2.24, 2.45) is 7.05 Å². The van der Waals surface area contributed by atoms with E-state index >= 15 is 0 Å². The predicted octanol–water partition coefficient (Wildman–Crippen LogP) is 4.03. The molecular weight excluding hydrogens is 360 g/mol. The molecule has 0 saturated heterocycles. The number of nitrogens with zero attached hydrogens (tertiary/aromatic N) is 3. The molecule has 26 heavy (non-hydrogen) atoms. The number of carbonyl (C=O) groups is 1. The summed E-state index contributed by atoms with van der Waals surface area (Å²) < 4.78 is 7.11. The third kappa shape index (κ3) is 4.17. The number of aryl methyl sites for hydroxylation is 1. The molecule has 0 aliphatic carbocycles. The lowest BCUT2D eigenvalue weighted by Gasteiger charge is -2.09. The zero-order valence-corrected chi connectivity index (χ0v) is 14.3. The van der Waals surface area contributed by atoms with Gasteiger partial charge in [0.25, 0.3) is 11.6 Å². The van der Waals surface area contributed by atoms with Gasteiger partial charge in [0, 0.05) is 30.4 Å². The van der Waals surface area contributed by atoms with Gasteiger partial charge in [0.05, 0.1) is 16.7 Å². The SMILES string of the molecule is Cn1ccc(C(=O)Nc2cc(Oc3ccc(Cl)cc3)cc([N+](=O)[O-])c2)n1. The molecule has 0 saturated carbocycles. The smallest absolute Gasteiger partial charge is 0.276 e. The van der Waals surface area contributed by atoms with E-state index in [0.29, 0.717) is 10.8 Å². The van der Waals surface area contributed by atoms with E-state index in [2.05, 4.69) is 10.4 Å². The number of nitro groups is 1. The number of hydrogen-bond acceptors (Lipinski definition) is 5. The fraction of sp³-hybridized carbons (Fsp3) is 0.0588. The first kappa shape index (κ1) is 17.4. The number of non-ortho nitro benzene ring substituents is 1. The summed E-state index contributed by atoms with van der Waals surface area (Å²) in [4.78, 5) is 22.8. The van der Waals surface area contributed by atoms with E-state index in [-0.39, 0.29) is 22.8 Å². The number of amides is 1. The summed E-state index contributed by atoms with van der Waals surface area (Å²) in [5.41, 5.74) is 0.200. The standard InChI is InChI=1S/C17H13ClN4O4/c1-21-7-6-16(20-21)17(23)19-12-8-13(22(24)25)10-15(9-12)26-14-4-2-11(18)3-5-14/h2-10H,1H3,(H,19,23). The third-order valence-corrected chi connectivity index (χ3v) is 3.61. The van der Waals surface area contributed by atoms with E-state index in [1.54, 1.807) is 37.5 Å². The van der Waals surface area contributed by atoms with Crippen molar-refractivity contribution >= 4 is 28.9 Å². The van der Waals surface area contributed by atoms with E-state index in [4.69, 9.17) is 16.3 Å². The lowest BCUT2D eigenvalue weighted by Crippen LogP contribution is -2.13. The Morgan fingerprint density at radius 1 is 1.19 bits per heavy atom. The Morgan fingerprint density at radius 3 is 2.54 bits per heavy atom. The number of aromatic nitrogens is 2. The second-order valence-corrected chi connectivity index (χ2v) is 5.79. The molecule has 0 fully saturated rings. The van der Waals surface area contributed by atoms with Crippen LogP contribution in [0.4, 0.5) is 11.4 Å². The number of hydrogen-bond donors (Lipinski definition) is 1. The average Bonchev–Trinajstić information content (AvgIpc) is 3.03. The van der Waals surface area contributed by atoms with E-state index in [9.17, 15) is 14.9 Å². The molecule has 1 N–H and O–H groups in total. The van der Waals surface area contributed by atoms with Gasteiger partial charge in [-0.05, 0) is 30.3 Å². The van der Waals surface area contributed by atoms with E-state index in [0.717, 1.165) is 0 Å². The number of carbonyl (C=O) groups excluding carboxylic acids is 1. The molecule has 8 nitrogen and oxygen atoms in total. The molecule has 0 aliphatic heterocycles. The highest BCUT2D eigenvalue weighted by atomic mass is 35.5. The summed E-state index contributed by atoms with van der Waals surface area (Å²) in [5, 5.41) is 18.3. The molecule has 1 amide bonds. The molecule has 0 atom stereocenters. The van der Waals surface area contributed by atoms with Crippen molar-refractivity contribution in [3.8, 4) is 11.5 Å². The van der Waals surface area contributed by atoms with Crippen molar-refractivity contribution in [3.63, 3.8) is 0 Å². The topological polar surface area (TPSA) is 99.3 Å². The van der Waals surface area contributed by atoms with Crippen LogP contribution in [0.1, 0.15) is 10.5 Å². The Morgan fingerprint density at radius 2 is 1.92 bits per heavy atom. The van der Waals surface area contributed by atoms with Gasteiger partial charge in [0.2, 0.25) is 0 Å². The second kappa shape index (κ2) is 7.24. The van der Waals surface area contributed by atoms with Crippen molar-refractivity contribution in [2.45, 2.75) is 0 Å². The van der Waals surface area contributed by atoms with Crippen LogP contribution >= 0.6 is 11.6 Å². The van der Waals surface area contributed by atoms with Crippen molar-refractivity contribution in [3.05, 3.63) is 75.6 Å². The fourth-order valence-electron chi connectivity index (χ4n) is 2.19. The number of nitro benzene ring substituents is 1. The van der Waals surface area contributed by atoms with Gasteiger partial charge in [0.15, 0.2) is 5.69 Å². The number of anilines is 1. The van der Waals surface area contributed by atoms with Crippen molar-refractivity contribution < 1.29 is 14.5 Å². The molecule has 0 unspecified atom stereocenters. The zero-order valence-electron chi connectivity index (χ0n) is 13.5. The molecule has 132 valence electrons. The highest BCUT2D eigenvalue weighted by Gasteiger charge is 2.15. The zero-order chi connectivity index (χ0) is 18.7. The summed E-state index contributed by atoms with van der Waals surface area (Å²) in [5.74, 6) is 0.179. The molecule has 3 aromatic rings. The van der Waals surface area contributed by atoms with Gasteiger partial charge >= 0.3 is 0 Å². The first-order chi connectivity index (χ1) is 12.4. The van der Waals surface area contributed by atoms with Crippen molar-refractivity contribution in [2.75, 3.05) is 5.32 Å². The van der Waals surface area contributed by atoms with Crippen molar-refractivity contribution in [1.29, 1.82) is 0 Å². The van der Waals surface area contributed by atoms with Gasteiger partial charge in [-0.3, -0.25) is 19.6 Å². The molecule has 0 aliphatic rings.